The second-order valence-corrected chi connectivity index (χ2v) is 6.92. The second kappa shape index (κ2) is 7.99. The number of carboxylic acids is 1. The van der Waals surface area contributed by atoms with Gasteiger partial charge in [0.25, 0.3) is 0 Å². The number of aliphatic carboxylic acids is 1. The lowest BCUT2D eigenvalue weighted by Crippen LogP contribution is -2.44. The smallest absolute Gasteiger partial charge is 0.408 e. The number of carbonyl (C=O) groups excluding carboxylic acids is 1. The lowest BCUT2D eigenvalue weighted by atomic mass is 10.0. The van der Waals surface area contributed by atoms with E-state index in [4.69, 9.17) is 4.74 Å². The Morgan fingerprint density at radius 2 is 1.73 bits per heavy atom. The van der Waals surface area contributed by atoms with Gasteiger partial charge in [-0.05, 0) is 38.0 Å². The molecule has 0 unspecified atom stereocenters. The van der Waals surface area contributed by atoms with Crippen LogP contribution in [0.2, 0.25) is 0 Å². The number of nitrogens with one attached hydrogen (secondary N) is 1. The first-order valence-electron chi connectivity index (χ1n) is 8.22. The fourth-order valence-corrected chi connectivity index (χ4v) is 2.40. The second-order valence-electron chi connectivity index (χ2n) is 6.92. The zero-order chi connectivity index (χ0) is 19.3. The molecule has 0 spiro atoms. The van der Waals surface area contributed by atoms with Crippen molar-refractivity contribution in [3.05, 3.63) is 59.9 Å². The molecule has 0 fully saturated rings. The topological polar surface area (TPSA) is 75.6 Å². The Morgan fingerprint density at radius 3 is 2.27 bits per heavy atom. The first-order chi connectivity index (χ1) is 12.2. The molecule has 2 rings (SSSR count). The van der Waals surface area contributed by atoms with Crippen molar-refractivity contribution in [1.29, 1.82) is 0 Å². The van der Waals surface area contributed by atoms with Crippen molar-refractivity contribution in [1.82, 2.24) is 5.32 Å². The van der Waals surface area contributed by atoms with E-state index in [-0.39, 0.29) is 12.2 Å². The van der Waals surface area contributed by atoms with Gasteiger partial charge in [-0.2, -0.15) is 0 Å². The van der Waals surface area contributed by atoms with Crippen molar-refractivity contribution in [3.8, 4) is 11.1 Å². The summed E-state index contributed by atoms with van der Waals surface area (Å²) < 4.78 is 18.9. The molecule has 5 nitrogen and oxygen atoms in total. The zero-order valence-electron chi connectivity index (χ0n) is 15.0. The quantitative estimate of drug-likeness (QED) is 0.846. The molecular formula is C20H22FNO4. The summed E-state index contributed by atoms with van der Waals surface area (Å²) in [6, 6.07) is 12.2. The van der Waals surface area contributed by atoms with Gasteiger partial charge in [0.1, 0.15) is 17.5 Å². The minimum Gasteiger partial charge on any atom is -0.480 e. The number of carbonyl (C=O) groups is 2. The molecule has 1 amide bonds. The minimum absolute atomic E-state index is 0.0894. The molecule has 2 N–H and O–H groups in total. The molecule has 6 heteroatoms. The molecule has 0 saturated heterocycles. The summed E-state index contributed by atoms with van der Waals surface area (Å²) in [6.07, 6.45) is -0.695. The number of alkyl carbamates (subject to hydrolysis) is 1. The largest absolute Gasteiger partial charge is 0.480 e. The molecule has 1 atom stereocenters. The van der Waals surface area contributed by atoms with E-state index in [9.17, 15) is 19.1 Å². The number of hydrogen-bond acceptors (Lipinski definition) is 3. The third kappa shape index (κ3) is 5.58. The Balaban J connectivity index is 2.09. The summed E-state index contributed by atoms with van der Waals surface area (Å²) in [5.74, 6) is -1.48. The molecule has 0 heterocycles. The molecule has 0 bridgehead atoms. The van der Waals surface area contributed by atoms with Crippen LogP contribution in [0.5, 0.6) is 0 Å². The van der Waals surface area contributed by atoms with E-state index < -0.39 is 23.7 Å². The van der Waals surface area contributed by atoms with E-state index >= 15 is 0 Å². The Morgan fingerprint density at radius 1 is 1.12 bits per heavy atom. The summed E-state index contributed by atoms with van der Waals surface area (Å²) in [6.45, 7) is 5.09. The van der Waals surface area contributed by atoms with E-state index in [0.29, 0.717) is 16.7 Å². The highest BCUT2D eigenvalue weighted by atomic mass is 19.1. The third-order valence-corrected chi connectivity index (χ3v) is 3.57. The van der Waals surface area contributed by atoms with Crippen LogP contribution < -0.4 is 5.32 Å². The van der Waals surface area contributed by atoms with E-state index in [0.717, 1.165) is 0 Å². The van der Waals surface area contributed by atoms with E-state index in [1.54, 1.807) is 63.2 Å². The number of benzene rings is 2. The Bertz CT molecular complexity index is 781. The fraction of sp³-hybridized carbons (Fsp3) is 0.300. The van der Waals surface area contributed by atoms with Crippen LogP contribution in [0.1, 0.15) is 26.3 Å². The average Bonchev–Trinajstić information content (AvgIpc) is 2.54. The summed E-state index contributed by atoms with van der Waals surface area (Å²) >= 11 is 0. The minimum atomic E-state index is -1.16. The van der Waals surface area contributed by atoms with Crippen LogP contribution in [0, 0.1) is 5.82 Å². The molecule has 2 aromatic carbocycles. The van der Waals surface area contributed by atoms with Crippen molar-refractivity contribution >= 4 is 12.1 Å². The maximum absolute atomic E-state index is 13.8. The molecule has 0 saturated carbocycles. The van der Waals surface area contributed by atoms with Gasteiger partial charge in [0.2, 0.25) is 0 Å². The molecule has 0 aliphatic heterocycles. The fourth-order valence-electron chi connectivity index (χ4n) is 2.40. The standard InChI is InChI=1S/C20H22FNO4/c1-20(2,3)26-19(25)22-17(18(23)24)12-13-8-10-14(11-9-13)15-6-4-5-7-16(15)21/h4-11,17H,12H2,1-3H3,(H,22,25)(H,23,24)/t17-/m1/s1. The van der Waals surface area contributed by atoms with Crippen LogP contribution in [0.3, 0.4) is 0 Å². The average molecular weight is 359 g/mol. The summed E-state index contributed by atoms with van der Waals surface area (Å²) in [5, 5.41) is 11.7. The van der Waals surface area contributed by atoms with Crippen molar-refractivity contribution < 1.29 is 23.8 Å². The van der Waals surface area contributed by atoms with Gasteiger partial charge in [-0.25, -0.2) is 14.0 Å². The maximum Gasteiger partial charge on any atom is 0.408 e. The number of rotatable bonds is 5. The Kier molecular flexibility index (Phi) is 5.97. The van der Waals surface area contributed by atoms with Crippen molar-refractivity contribution in [3.63, 3.8) is 0 Å². The van der Waals surface area contributed by atoms with Crippen LogP contribution in [-0.2, 0) is 16.0 Å². The maximum atomic E-state index is 13.8. The van der Waals surface area contributed by atoms with E-state index in [1.807, 2.05) is 0 Å². The molecule has 0 radical (unpaired) electrons. The lowest BCUT2D eigenvalue weighted by Gasteiger charge is -2.22. The number of ether oxygens (including phenoxy) is 1. The molecular weight excluding hydrogens is 337 g/mol. The molecule has 138 valence electrons. The monoisotopic (exact) mass is 359 g/mol. The number of halogens is 1. The van der Waals surface area contributed by atoms with Crippen LogP contribution in [0.4, 0.5) is 9.18 Å². The molecule has 0 aliphatic rings. The van der Waals surface area contributed by atoms with Gasteiger partial charge in [0.05, 0.1) is 0 Å². The normalized spacial score (nSPS) is 12.3. The number of amides is 1. The van der Waals surface area contributed by atoms with Gasteiger partial charge in [-0.1, -0.05) is 42.5 Å². The van der Waals surface area contributed by atoms with Gasteiger partial charge in [-0.15, -0.1) is 0 Å². The number of carboxylic acid groups (broad SMARTS) is 1. The lowest BCUT2D eigenvalue weighted by molar-refractivity contribution is -0.139. The highest BCUT2D eigenvalue weighted by Crippen LogP contribution is 2.23. The summed E-state index contributed by atoms with van der Waals surface area (Å²) in [5.41, 5.74) is 1.15. The first-order valence-corrected chi connectivity index (χ1v) is 8.22. The Hall–Kier alpha value is -2.89. The SMILES string of the molecule is CC(C)(C)OC(=O)N[C@H](Cc1ccc(-c2ccccc2F)cc1)C(=O)O. The molecule has 0 aliphatic carbocycles. The first kappa shape index (κ1) is 19.4. The van der Waals surface area contributed by atoms with E-state index in [1.165, 1.54) is 6.07 Å². The van der Waals surface area contributed by atoms with Crippen LogP contribution in [-0.4, -0.2) is 28.8 Å². The van der Waals surface area contributed by atoms with Crippen molar-refractivity contribution in [2.24, 2.45) is 0 Å². The van der Waals surface area contributed by atoms with E-state index in [2.05, 4.69) is 5.32 Å². The molecule has 26 heavy (non-hydrogen) atoms. The van der Waals surface area contributed by atoms with Crippen molar-refractivity contribution in [2.45, 2.75) is 38.8 Å². The summed E-state index contributed by atoms with van der Waals surface area (Å²) in [7, 11) is 0. The molecule has 2 aromatic rings. The zero-order valence-corrected chi connectivity index (χ0v) is 15.0. The van der Waals surface area contributed by atoms with Gasteiger partial charge in [-0.3, -0.25) is 0 Å². The van der Waals surface area contributed by atoms with Crippen LogP contribution in [0.15, 0.2) is 48.5 Å². The van der Waals surface area contributed by atoms with Gasteiger partial charge in [0.15, 0.2) is 0 Å². The highest BCUT2D eigenvalue weighted by molar-refractivity contribution is 5.80. The van der Waals surface area contributed by atoms with Crippen LogP contribution >= 0.6 is 0 Å². The van der Waals surface area contributed by atoms with Gasteiger partial charge in [0, 0.05) is 12.0 Å². The van der Waals surface area contributed by atoms with Crippen molar-refractivity contribution in [2.75, 3.05) is 0 Å². The highest BCUT2D eigenvalue weighted by Gasteiger charge is 2.24. The van der Waals surface area contributed by atoms with Gasteiger partial charge < -0.3 is 15.2 Å². The van der Waals surface area contributed by atoms with Crippen LogP contribution in [0.25, 0.3) is 11.1 Å². The predicted molar refractivity (Wildman–Crippen MR) is 96.3 cm³/mol. The van der Waals surface area contributed by atoms with Gasteiger partial charge >= 0.3 is 12.1 Å². The molecule has 0 aromatic heterocycles. The third-order valence-electron chi connectivity index (χ3n) is 3.57. The summed E-state index contributed by atoms with van der Waals surface area (Å²) in [4.78, 5) is 23.2. The number of hydrogen-bond donors (Lipinski definition) is 2. The predicted octanol–water partition coefficient (Wildman–Crippen LogP) is 4.01. The Labute approximate surface area is 151 Å².